The highest BCUT2D eigenvalue weighted by Crippen LogP contribution is 2.40. The van der Waals surface area contributed by atoms with Crippen LogP contribution in [0.3, 0.4) is 0 Å². The molecule has 9 nitrogen and oxygen atoms in total. The molecule has 0 aliphatic carbocycles. The van der Waals surface area contributed by atoms with Crippen molar-refractivity contribution in [2.75, 3.05) is 42.7 Å². The lowest BCUT2D eigenvalue weighted by atomic mass is 10.1. The first-order valence-electron chi connectivity index (χ1n) is 11.6. The van der Waals surface area contributed by atoms with Crippen LogP contribution in [0.15, 0.2) is 47.5 Å². The maximum Gasteiger partial charge on any atom is 0.203 e. The number of carbonyl (C=O) groups is 1. The van der Waals surface area contributed by atoms with Crippen molar-refractivity contribution in [3.05, 3.63) is 59.2 Å². The summed E-state index contributed by atoms with van der Waals surface area (Å²) in [5.41, 5.74) is 2.29. The molecule has 1 N–H and O–H groups in total. The lowest BCUT2D eigenvalue weighted by Gasteiger charge is -2.13. The van der Waals surface area contributed by atoms with Crippen LogP contribution in [0.2, 0.25) is 0 Å². The summed E-state index contributed by atoms with van der Waals surface area (Å²) in [4.78, 5) is 17.1. The monoisotopic (exact) mass is 521 g/mol. The first-order valence-corrected chi connectivity index (χ1v) is 11.6. The van der Waals surface area contributed by atoms with Gasteiger partial charge in [0.2, 0.25) is 5.75 Å². The zero-order chi connectivity index (χ0) is 27.7. The van der Waals surface area contributed by atoms with Crippen LogP contribution in [-0.4, -0.2) is 59.8 Å². The van der Waals surface area contributed by atoms with Gasteiger partial charge in [-0.15, -0.1) is 0 Å². The highest BCUT2D eigenvalue weighted by molar-refractivity contribution is 6.04. The van der Waals surface area contributed by atoms with Gasteiger partial charge < -0.3 is 33.5 Å². The molecule has 9 heteroatoms. The number of phenols is 1. The summed E-state index contributed by atoms with van der Waals surface area (Å²) in [6.45, 7) is 0. The van der Waals surface area contributed by atoms with Gasteiger partial charge >= 0.3 is 0 Å². The van der Waals surface area contributed by atoms with Crippen molar-refractivity contribution in [2.24, 2.45) is 4.99 Å². The van der Waals surface area contributed by atoms with Gasteiger partial charge in [-0.2, -0.15) is 0 Å². The Balaban J connectivity index is 1.85. The van der Waals surface area contributed by atoms with E-state index in [9.17, 15) is 9.90 Å². The van der Waals surface area contributed by atoms with E-state index in [1.165, 1.54) is 27.5 Å². The molecule has 0 atom stereocenters. The highest BCUT2D eigenvalue weighted by Gasteiger charge is 2.14. The van der Waals surface area contributed by atoms with E-state index in [2.05, 4.69) is 4.99 Å². The summed E-state index contributed by atoms with van der Waals surface area (Å²) in [6, 6.07) is 11.9. The number of ether oxygens (including phenoxy) is 6. The third kappa shape index (κ3) is 6.36. The normalized spacial score (nSPS) is 11.0. The summed E-state index contributed by atoms with van der Waals surface area (Å²) >= 11 is 0. The van der Waals surface area contributed by atoms with Gasteiger partial charge in [-0.3, -0.25) is 9.79 Å². The van der Waals surface area contributed by atoms with Gasteiger partial charge in [0.25, 0.3) is 0 Å². The van der Waals surface area contributed by atoms with Gasteiger partial charge in [-0.1, -0.05) is 12.2 Å². The van der Waals surface area contributed by atoms with Crippen LogP contribution >= 0.6 is 0 Å². The second-order valence-corrected chi connectivity index (χ2v) is 7.89. The quantitative estimate of drug-likeness (QED) is 0.187. The first-order chi connectivity index (χ1) is 18.4. The van der Waals surface area contributed by atoms with Crippen molar-refractivity contribution in [1.82, 2.24) is 0 Å². The molecule has 0 saturated carbocycles. The van der Waals surface area contributed by atoms with Crippen LogP contribution < -0.4 is 28.4 Å². The Morgan fingerprint density at radius 1 is 0.711 bits per heavy atom. The predicted octanol–water partition coefficient (Wildman–Crippen LogP) is 5.59. The van der Waals surface area contributed by atoms with Crippen molar-refractivity contribution < 1.29 is 38.3 Å². The molecule has 38 heavy (non-hydrogen) atoms. The van der Waals surface area contributed by atoms with E-state index < -0.39 is 0 Å². The summed E-state index contributed by atoms with van der Waals surface area (Å²) in [6.07, 6.45) is 5.14. The van der Waals surface area contributed by atoms with Crippen molar-refractivity contribution in [3.63, 3.8) is 0 Å². The largest absolute Gasteiger partial charge is 0.504 e. The molecule has 0 aliphatic heterocycles. The SMILES string of the molecule is COc1ccc(C(=O)CC=Nc2cc(/C=C\c3cc(OC)c(OC)c(OC)c3)cc(O)c2OC)cc1OC. The number of carbonyl (C=O) groups excluding carboxylic acids is 1. The number of hydrogen-bond acceptors (Lipinski definition) is 9. The van der Waals surface area contributed by atoms with Crippen LogP contribution in [0.5, 0.6) is 40.2 Å². The number of rotatable bonds is 12. The molecule has 0 aliphatic rings. The minimum Gasteiger partial charge on any atom is -0.504 e. The maximum absolute atomic E-state index is 12.7. The smallest absolute Gasteiger partial charge is 0.203 e. The van der Waals surface area contributed by atoms with E-state index >= 15 is 0 Å². The zero-order valence-electron chi connectivity index (χ0n) is 22.2. The average molecular weight is 522 g/mol. The topological polar surface area (TPSA) is 105 Å². The Hall–Kier alpha value is -4.66. The Kier molecular flexibility index (Phi) is 9.59. The minimum absolute atomic E-state index is 0.0326. The van der Waals surface area contributed by atoms with E-state index in [0.717, 1.165) is 5.56 Å². The van der Waals surface area contributed by atoms with Crippen molar-refractivity contribution in [2.45, 2.75) is 6.42 Å². The van der Waals surface area contributed by atoms with Gasteiger partial charge in [0, 0.05) is 18.2 Å². The molecule has 0 amide bonds. The lowest BCUT2D eigenvalue weighted by molar-refractivity contribution is 0.100. The van der Waals surface area contributed by atoms with Crippen LogP contribution in [-0.2, 0) is 0 Å². The number of benzene rings is 3. The number of hydrogen-bond donors (Lipinski definition) is 1. The fraction of sp³-hybridized carbons (Fsp3) is 0.241. The summed E-state index contributed by atoms with van der Waals surface area (Å²) in [5, 5.41) is 10.5. The third-order valence-corrected chi connectivity index (χ3v) is 5.64. The third-order valence-electron chi connectivity index (χ3n) is 5.64. The number of ketones is 1. The second kappa shape index (κ2) is 13.0. The molecule has 0 radical (unpaired) electrons. The van der Waals surface area contributed by atoms with E-state index in [1.54, 1.807) is 69.9 Å². The van der Waals surface area contributed by atoms with Gasteiger partial charge in [-0.25, -0.2) is 0 Å². The van der Waals surface area contributed by atoms with Crippen LogP contribution in [0.4, 0.5) is 5.69 Å². The lowest BCUT2D eigenvalue weighted by Crippen LogP contribution is -2.01. The Morgan fingerprint density at radius 3 is 1.84 bits per heavy atom. The average Bonchev–Trinajstić information content (AvgIpc) is 2.94. The number of aromatic hydroxyl groups is 1. The van der Waals surface area contributed by atoms with Crippen LogP contribution in [0.25, 0.3) is 12.2 Å². The van der Waals surface area contributed by atoms with E-state index in [4.69, 9.17) is 28.4 Å². The van der Waals surface area contributed by atoms with Crippen molar-refractivity contribution in [1.29, 1.82) is 0 Å². The summed E-state index contributed by atoms with van der Waals surface area (Å²) < 4.78 is 32.0. The van der Waals surface area contributed by atoms with E-state index in [0.29, 0.717) is 45.6 Å². The molecule has 0 heterocycles. The minimum atomic E-state index is -0.156. The molecule has 0 fully saturated rings. The summed E-state index contributed by atoms with van der Waals surface area (Å²) in [7, 11) is 9.12. The van der Waals surface area contributed by atoms with Crippen LogP contribution in [0, 0.1) is 0 Å². The number of phenolic OH excluding ortho intramolecular Hbond substituents is 1. The predicted molar refractivity (Wildman–Crippen MR) is 146 cm³/mol. The number of methoxy groups -OCH3 is 6. The molecule has 0 unspecified atom stereocenters. The van der Waals surface area contributed by atoms with Gasteiger partial charge in [0.1, 0.15) is 5.69 Å². The fourth-order valence-corrected chi connectivity index (χ4v) is 3.77. The second-order valence-electron chi connectivity index (χ2n) is 7.89. The number of nitrogens with zero attached hydrogens (tertiary/aromatic N) is 1. The number of aliphatic imine (C=N–C) groups is 1. The van der Waals surface area contributed by atoms with Crippen molar-refractivity contribution >= 4 is 29.8 Å². The molecule has 0 saturated heterocycles. The van der Waals surface area contributed by atoms with Gasteiger partial charge in [-0.05, 0) is 53.6 Å². The highest BCUT2D eigenvalue weighted by atomic mass is 16.5. The number of Topliss-reactive ketones (excluding diaryl/α,β-unsaturated/α-hetero) is 1. The molecule has 3 aromatic carbocycles. The zero-order valence-corrected chi connectivity index (χ0v) is 22.2. The molecule has 0 bridgehead atoms. The molecular formula is C29H31NO8. The van der Waals surface area contributed by atoms with Gasteiger partial charge in [0.15, 0.2) is 40.3 Å². The van der Waals surface area contributed by atoms with Gasteiger partial charge in [0.05, 0.1) is 42.7 Å². The Labute approximate surface area is 221 Å². The first kappa shape index (κ1) is 27.9. The summed E-state index contributed by atoms with van der Waals surface area (Å²) in [5.74, 6) is 2.50. The molecule has 0 aromatic heterocycles. The molecule has 200 valence electrons. The standard InChI is InChI=1S/C29H31NO8/c1-33-24-10-9-20(17-25(24)34-2)22(31)11-12-30-21-13-18(14-23(32)28(21)37-5)7-8-19-15-26(35-3)29(38-6)27(16-19)36-4/h7-10,12-17,32H,11H2,1-6H3/b8-7-,30-12?. The Bertz CT molecular complexity index is 1320. The molecular weight excluding hydrogens is 490 g/mol. The Morgan fingerprint density at radius 2 is 1.29 bits per heavy atom. The van der Waals surface area contributed by atoms with Crippen LogP contribution in [0.1, 0.15) is 27.9 Å². The van der Waals surface area contributed by atoms with Crippen molar-refractivity contribution in [3.8, 4) is 40.2 Å². The fourth-order valence-electron chi connectivity index (χ4n) is 3.77. The molecule has 0 spiro atoms. The van der Waals surface area contributed by atoms with E-state index in [-0.39, 0.29) is 23.7 Å². The molecule has 3 rings (SSSR count). The molecule has 3 aromatic rings. The van der Waals surface area contributed by atoms with E-state index in [1.807, 2.05) is 6.08 Å². The maximum atomic E-state index is 12.7.